The van der Waals surface area contributed by atoms with E-state index in [2.05, 4.69) is 59.4 Å². The van der Waals surface area contributed by atoms with Gasteiger partial charge in [-0.1, -0.05) is 59.6 Å². The molecule has 3 unspecified atom stereocenters. The Balaban J connectivity index is 0.00000166. The number of hydrogen-bond acceptors (Lipinski definition) is 3. The molecule has 0 spiro atoms. The average Bonchev–Trinajstić information content (AvgIpc) is 2.90. The highest BCUT2D eigenvalue weighted by atomic mass is 79.9. The van der Waals surface area contributed by atoms with Crippen molar-refractivity contribution in [1.82, 2.24) is 5.32 Å². The predicted molar refractivity (Wildman–Crippen MR) is 140 cm³/mol. The van der Waals surface area contributed by atoms with Crippen LogP contribution in [0.3, 0.4) is 0 Å². The fraction of sp³-hybridized carbons (Fsp3) is 0.577. The minimum Gasteiger partial charge on any atom is -0.385 e. The number of piperidine rings is 1. The summed E-state index contributed by atoms with van der Waals surface area (Å²) in [4.78, 5) is 5.23. The Morgan fingerprint density at radius 3 is 2.81 bits per heavy atom. The van der Waals surface area contributed by atoms with Gasteiger partial charge in [0.15, 0.2) is 0 Å². The highest BCUT2D eigenvalue weighted by Gasteiger charge is 2.34. The summed E-state index contributed by atoms with van der Waals surface area (Å²) in [7, 11) is 1.78. The Labute approximate surface area is 202 Å². The predicted octanol–water partition coefficient (Wildman–Crippen LogP) is 7.40. The third kappa shape index (κ3) is 7.56. The van der Waals surface area contributed by atoms with Crippen molar-refractivity contribution >= 4 is 39.8 Å². The van der Waals surface area contributed by atoms with E-state index >= 15 is 0 Å². The number of methoxy groups -OCH3 is 1. The smallest absolute Gasteiger partial charge is 0.0507 e. The van der Waals surface area contributed by atoms with E-state index in [4.69, 9.17) is 21.3 Å². The van der Waals surface area contributed by atoms with Gasteiger partial charge in [0.2, 0.25) is 0 Å². The SMILES string of the molecule is CC.COCCC[C@H]1CC(C2C(N=CC(C)Br)=C(C)C=Cc3cc(Cl)ccc32)CCN1. The summed E-state index contributed by atoms with van der Waals surface area (Å²) < 4.78 is 5.26. The summed E-state index contributed by atoms with van der Waals surface area (Å²) in [5.74, 6) is 0.836. The first-order chi connectivity index (χ1) is 15.0. The fourth-order valence-corrected chi connectivity index (χ4v) is 4.84. The summed E-state index contributed by atoms with van der Waals surface area (Å²) >= 11 is 9.94. The van der Waals surface area contributed by atoms with Crippen molar-refractivity contribution in [3.8, 4) is 0 Å². The van der Waals surface area contributed by atoms with Crippen LogP contribution in [0.15, 0.2) is 40.5 Å². The maximum Gasteiger partial charge on any atom is 0.0507 e. The van der Waals surface area contributed by atoms with E-state index in [-0.39, 0.29) is 10.7 Å². The topological polar surface area (TPSA) is 33.6 Å². The molecular weight excluding hydrogens is 472 g/mol. The molecule has 0 aromatic heterocycles. The first-order valence-electron chi connectivity index (χ1n) is 11.6. The Kier molecular flexibility index (Phi) is 11.5. The highest BCUT2D eigenvalue weighted by molar-refractivity contribution is 9.09. The quantitative estimate of drug-likeness (QED) is 0.236. The molecule has 4 atom stereocenters. The lowest BCUT2D eigenvalue weighted by Gasteiger charge is -2.36. The van der Waals surface area contributed by atoms with Gasteiger partial charge in [-0.05, 0) is 80.8 Å². The van der Waals surface area contributed by atoms with Crippen LogP contribution in [-0.4, -0.2) is 37.3 Å². The minimum atomic E-state index is 0.246. The molecule has 1 aliphatic heterocycles. The zero-order valence-electron chi connectivity index (χ0n) is 19.6. The van der Waals surface area contributed by atoms with E-state index in [9.17, 15) is 0 Å². The number of allylic oxidation sites excluding steroid dienone is 3. The molecule has 3 rings (SSSR count). The number of ether oxygens (including phenoxy) is 1. The molecular formula is C26H38BrClN2O. The number of nitrogens with zero attached hydrogens (tertiary/aromatic N) is 1. The van der Waals surface area contributed by atoms with E-state index in [1.807, 2.05) is 26.1 Å². The molecule has 0 amide bonds. The second-order valence-electron chi connectivity index (χ2n) is 8.18. The van der Waals surface area contributed by atoms with Crippen molar-refractivity contribution in [3.05, 3.63) is 51.7 Å². The van der Waals surface area contributed by atoms with Crippen molar-refractivity contribution < 1.29 is 4.74 Å². The molecule has 0 saturated carbocycles. The second-order valence-corrected chi connectivity index (χ2v) is 10.1. The lowest BCUT2D eigenvalue weighted by molar-refractivity contribution is 0.180. The molecule has 5 heteroatoms. The van der Waals surface area contributed by atoms with Gasteiger partial charge in [-0.3, -0.25) is 4.99 Å². The third-order valence-electron chi connectivity index (χ3n) is 5.92. The van der Waals surface area contributed by atoms with Crippen molar-refractivity contribution in [3.63, 3.8) is 0 Å². The number of aliphatic imine (C=N–C) groups is 1. The molecule has 172 valence electrons. The Hall–Kier alpha value is -0.940. The number of rotatable bonds is 7. The van der Waals surface area contributed by atoms with Gasteiger partial charge >= 0.3 is 0 Å². The molecule has 2 aliphatic rings. The van der Waals surface area contributed by atoms with Crippen LogP contribution >= 0.6 is 27.5 Å². The molecule has 1 aromatic rings. The summed E-state index contributed by atoms with van der Waals surface area (Å²) in [6.45, 7) is 10.2. The van der Waals surface area contributed by atoms with Gasteiger partial charge in [-0.2, -0.15) is 0 Å². The van der Waals surface area contributed by atoms with Gasteiger partial charge in [-0.25, -0.2) is 0 Å². The van der Waals surface area contributed by atoms with Crippen LogP contribution in [0.2, 0.25) is 5.02 Å². The molecule has 1 N–H and O–H groups in total. The third-order valence-corrected chi connectivity index (χ3v) is 6.39. The van der Waals surface area contributed by atoms with Gasteiger partial charge < -0.3 is 10.1 Å². The molecule has 1 aromatic carbocycles. The van der Waals surface area contributed by atoms with E-state index < -0.39 is 0 Å². The first kappa shape index (κ1) is 26.3. The van der Waals surface area contributed by atoms with Gasteiger partial charge in [0.25, 0.3) is 0 Å². The van der Waals surface area contributed by atoms with Crippen molar-refractivity contribution in [2.45, 2.75) is 70.2 Å². The van der Waals surface area contributed by atoms with Crippen LogP contribution in [0.4, 0.5) is 0 Å². The molecule has 1 heterocycles. The number of hydrogen-bond donors (Lipinski definition) is 1. The summed E-state index contributed by atoms with van der Waals surface area (Å²) in [5, 5.41) is 4.50. The standard InChI is InChI=1S/C24H32BrClN2O.C2H6/c1-16-6-7-18-13-20(26)8-9-22(18)23(24(16)28-15-17(2)25)19-10-11-27-21(14-19)5-4-12-29-3;1-2/h6-9,13,15,17,19,21,23,27H,4-5,10-12,14H2,1-3H3;1-2H3/t17?,19?,21-,23?;/m0./s1. The lowest BCUT2D eigenvalue weighted by Crippen LogP contribution is -2.40. The van der Waals surface area contributed by atoms with Crippen molar-refractivity contribution in [1.29, 1.82) is 0 Å². The molecule has 0 radical (unpaired) electrons. The van der Waals surface area contributed by atoms with Crippen LogP contribution in [0, 0.1) is 5.92 Å². The van der Waals surface area contributed by atoms with Gasteiger partial charge in [0.05, 0.1) is 5.70 Å². The Morgan fingerprint density at radius 1 is 1.32 bits per heavy atom. The fourth-order valence-electron chi connectivity index (χ4n) is 4.54. The molecule has 1 aliphatic carbocycles. The molecule has 0 bridgehead atoms. The Morgan fingerprint density at radius 2 is 2.10 bits per heavy atom. The van der Waals surface area contributed by atoms with Crippen LogP contribution < -0.4 is 5.32 Å². The minimum absolute atomic E-state index is 0.246. The van der Waals surface area contributed by atoms with Crippen molar-refractivity contribution in [2.75, 3.05) is 20.3 Å². The monoisotopic (exact) mass is 508 g/mol. The number of nitrogens with one attached hydrogen (secondary N) is 1. The number of halogens is 2. The summed E-state index contributed by atoms with van der Waals surface area (Å²) in [6, 6.07) is 6.86. The normalized spacial score (nSPS) is 24.4. The van der Waals surface area contributed by atoms with Gasteiger partial charge in [0.1, 0.15) is 0 Å². The van der Waals surface area contributed by atoms with Gasteiger partial charge in [-0.15, -0.1) is 0 Å². The van der Waals surface area contributed by atoms with Crippen LogP contribution in [0.1, 0.15) is 70.4 Å². The van der Waals surface area contributed by atoms with Crippen LogP contribution in [0.25, 0.3) is 6.08 Å². The Bertz CT molecular complexity index is 788. The van der Waals surface area contributed by atoms with E-state index in [1.165, 1.54) is 22.4 Å². The summed E-state index contributed by atoms with van der Waals surface area (Å²) in [6.07, 6.45) is 11.0. The molecule has 31 heavy (non-hydrogen) atoms. The van der Waals surface area contributed by atoms with E-state index in [1.54, 1.807) is 7.11 Å². The number of fused-ring (bicyclic) bond motifs is 1. The largest absolute Gasteiger partial charge is 0.385 e. The number of alkyl halides is 1. The summed E-state index contributed by atoms with van der Waals surface area (Å²) in [5.41, 5.74) is 4.99. The maximum atomic E-state index is 6.33. The zero-order chi connectivity index (χ0) is 22.8. The lowest BCUT2D eigenvalue weighted by atomic mass is 9.74. The second kappa shape index (κ2) is 13.6. The van der Waals surface area contributed by atoms with Crippen molar-refractivity contribution in [2.24, 2.45) is 10.9 Å². The molecule has 3 nitrogen and oxygen atoms in total. The first-order valence-corrected chi connectivity index (χ1v) is 12.9. The zero-order valence-corrected chi connectivity index (χ0v) is 22.0. The van der Waals surface area contributed by atoms with Crippen LogP contribution in [-0.2, 0) is 4.74 Å². The molecule has 1 fully saturated rings. The number of benzene rings is 1. The van der Waals surface area contributed by atoms with Crippen LogP contribution in [0.5, 0.6) is 0 Å². The highest BCUT2D eigenvalue weighted by Crippen LogP contribution is 2.44. The van der Waals surface area contributed by atoms with E-state index in [0.29, 0.717) is 12.0 Å². The maximum absolute atomic E-state index is 6.33. The van der Waals surface area contributed by atoms with E-state index in [0.717, 1.165) is 43.9 Å². The average molecular weight is 510 g/mol. The molecule has 1 saturated heterocycles. The van der Waals surface area contributed by atoms with Gasteiger partial charge in [0, 0.05) is 41.7 Å².